The van der Waals surface area contributed by atoms with Crippen LogP contribution in [-0.4, -0.2) is 28.5 Å². The van der Waals surface area contributed by atoms with Crippen molar-refractivity contribution in [3.05, 3.63) is 80.5 Å². The Hall–Kier alpha value is -3.70. The highest BCUT2D eigenvalue weighted by molar-refractivity contribution is 7.80. The van der Waals surface area contributed by atoms with Crippen molar-refractivity contribution in [2.24, 2.45) is 0 Å². The molecule has 0 aliphatic heterocycles. The molecular formula is C22H18FN3O5S2. The van der Waals surface area contributed by atoms with E-state index < -0.39 is 22.6 Å². The minimum Gasteiger partial charge on any atom is -0.462 e. The number of carbonyl (C=O) groups excluding carboxylic acids is 2. The van der Waals surface area contributed by atoms with Gasteiger partial charge in [0.25, 0.3) is 11.6 Å². The molecule has 33 heavy (non-hydrogen) atoms. The molecule has 2 N–H and O–H groups in total. The Morgan fingerprint density at radius 2 is 1.91 bits per heavy atom. The van der Waals surface area contributed by atoms with E-state index in [0.29, 0.717) is 21.7 Å². The number of nitro benzene ring substituents is 1. The lowest BCUT2D eigenvalue weighted by Crippen LogP contribution is -2.34. The van der Waals surface area contributed by atoms with Gasteiger partial charge in [-0.15, -0.1) is 11.3 Å². The van der Waals surface area contributed by atoms with Crippen molar-refractivity contribution in [2.75, 3.05) is 11.9 Å². The third-order valence-electron chi connectivity index (χ3n) is 4.54. The summed E-state index contributed by atoms with van der Waals surface area (Å²) < 4.78 is 18.5. The maximum Gasteiger partial charge on any atom is 0.341 e. The first-order valence-corrected chi connectivity index (χ1v) is 10.9. The van der Waals surface area contributed by atoms with Crippen molar-refractivity contribution in [3.8, 4) is 11.1 Å². The molecule has 3 rings (SSSR count). The number of hydrogen-bond acceptors (Lipinski definition) is 7. The number of aryl methyl sites for hydroxylation is 1. The predicted octanol–water partition coefficient (Wildman–Crippen LogP) is 5.07. The molecular weight excluding hydrogens is 469 g/mol. The van der Waals surface area contributed by atoms with Crippen LogP contribution in [0, 0.1) is 22.9 Å². The van der Waals surface area contributed by atoms with Gasteiger partial charge in [0, 0.05) is 28.1 Å². The van der Waals surface area contributed by atoms with Crippen LogP contribution in [-0.2, 0) is 4.74 Å². The van der Waals surface area contributed by atoms with E-state index in [9.17, 15) is 24.1 Å². The zero-order valence-corrected chi connectivity index (χ0v) is 19.1. The second-order valence-corrected chi connectivity index (χ2v) is 8.04. The molecule has 0 aliphatic carbocycles. The SMILES string of the molecule is CCOC(=O)c1c(-c2ccc(F)cc2)csc1NC(=S)NC(=O)c1ccc([N+](=O)[O-])c(C)c1. The van der Waals surface area contributed by atoms with Gasteiger partial charge in [-0.25, -0.2) is 9.18 Å². The molecule has 0 spiro atoms. The Labute approximate surface area is 197 Å². The van der Waals surface area contributed by atoms with Gasteiger partial charge in [0.05, 0.1) is 11.5 Å². The zero-order chi connectivity index (χ0) is 24.1. The highest BCUT2D eigenvalue weighted by atomic mass is 32.1. The fraction of sp³-hybridized carbons (Fsp3) is 0.136. The normalized spacial score (nSPS) is 10.4. The molecule has 0 bridgehead atoms. The van der Waals surface area contributed by atoms with Gasteiger partial charge in [0.15, 0.2) is 5.11 Å². The Balaban J connectivity index is 1.82. The van der Waals surface area contributed by atoms with Gasteiger partial charge in [-0.2, -0.15) is 0 Å². The molecule has 170 valence electrons. The third-order valence-corrected chi connectivity index (χ3v) is 5.64. The van der Waals surface area contributed by atoms with Crippen LogP contribution in [0.15, 0.2) is 47.8 Å². The molecule has 0 unspecified atom stereocenters. The van der Waals surface area contributed by atoms with Crippen LogP contribution in [0.4, 0.5) is 15.1 Å². The number of amides is 1. The average molecular weight is 488 g/mol. The van der Waals surface area contributed by atoms with E-state index in [1.807, 2.05) is 0 Å². The molecule has 2 aromatic carbocycles. The highest BCUT2D eigenvalue weighted by Gasteiger charge is 2.23. The molecule has 1 heterocycles. The lowest BCUT2D eigenvalue weighted by Gasteiger charge is -2.11. The van der Waals surface area contributed by atoms with E-state index in [2.05, 4.69) is 10.6 Å². The summed E-state index contributed by atoms with van der Waals surface area (Å²) >= 11 is 6.39. The first-order chi connectivity index (χ1) is 15.7. The number of thiocarbonyl (C=S) groups is 1. The van der Waals surface area contributed by atoms with Crippen molar-refractivity contribution < 1.29 is 23.6 Å². The van der Waals surface area contributed by atoms with E-state index in [1.54, 1.807) is 24.4 Å². The molecule has 0 atom stereocenters. The molecule has 1 aromatic heterocycles. The van der Waals surface area contributed by atoms with E-state index in [-0.39, 0.29) is 28.5 Å². The lowest BCUT2D eigenvalue weighted by atomic mass is 10.0. The van der Waals surface area contributed by atoms with Crippen LogP contribution >= 0.6 is 23.6 Å². The Morgan fingerprint density at radius 3 is 2.52 bits per heavy atom. The number of halogens is 1. The van der Waals surface area contributed by atoms with Crippen LogP contribution in [0.5, 0.6) is 0 Å². The predicted molar refractivity (Wildman–Crippen MR) is 127 cm³/mol. The molecule has 8 nitrogen and oxygen atoms in total. The smallest absolute Gasteiger partial charge is 0.341 e. The number of thiophene rings is 1. The molecule has 0 saturated heterocycles. The molecule has 0 aliphatic rings. The Bertz CT molecular complexity index is 1240. The van der Waals surface area contributed by atoms with Crippen molar-refractivity contribution in [1.29, 1.82) is 0 Å². The average Bonchev–Trinajstić information content (AvgIpc) is 3.17. The van der Waals surface area contributed by atoms with Crippen molar-refractivity contribution in [2.45, 2.75) is 13.8 Å². The summed E-state index contributed by atoms with van der Waals surface area (Å²) in [6, 6.07) is 9.61. The van der Waals surface area contributed by atoms with E-state index in [1.165, 1.54) is 48.6 Å². The summed E-state index contributed by atoms with van der Waals surface area (Å²) in [4.78, 5) is 35.6. The number of esters is 1. The molecule has 0 saturated carbocycles. The molecule has 1 amide bonds. The summed E-state index contributed by atoms with van der Waals surface area (Å²) in [6.45, 7) is 3.35. The summed E-state index contributed by atoms with van der Waals surface area (Å²) in [5.74, 6) is -1.57. The first kappa shape index (κ1) is 24.0. The number of hydrogen-bond donors (Lipinski definition) is 2. The van der Waals surface area contributed by atoms with Gasteiger partial charge in [0.1, 0.15) is 16.4 Å². The second kappa shape index (κ2) is 10.3. The summed E-state index contributed by atoms with van der Waals surface area (Å²) in [5, 5.41) is 18.3. The van der Waals surface area contributed by atoms with Crippen molar-refractivity contribution in [3.63, 3.8) is 0 Å². The van der Waals surface area contributed by atoms with Gasteiger partial charge < -0.3 is 10.1 Å². The summed E-state index contributed by atoms with van der Waals surface area (Å²) in [6.07, 6.45) is 0. The maximum atomic E-state index is 13.3. The molecule has 11 heteroatoms. The number of nitrogens with one attached hydrogen (secondary N) is 2. The quantitative estimate of drug-likeness (QED) is 0.216. The standard InChI is InChI=1S/C22H18FN3O5S2/c1-3-31-21(28)18-16(13-4-7-15(23)8-5-13)11-33-20(18)25-22(32)24-19(27)14-6-9-17(26(29)30)12(2)10-14/h4-11H,3H2,1-2H3,(H2,24,25,27,32). The zero-order valence-electron chi connectivity index (χ0n) is 17.5. The van der Waals surface area contributed by atoms with Crippen LogP contribution in [0.25, 0.3) is 11.1 Å². The van der Waals surface area contributed by atoms with Gasteiger partial charge >= 0.3 is 5.97 Å². The number of ether oxygens (including phenoxy) is 1. The van der Waals surface area contributed by atoms with Crippen molar-refractivity contribution >= 4 is 51.2 Å². The fourth-order valence-electron chi connectivity index (χ4n) is 3.01. The first-order valence-electron chi connectivity index (χ1n) is 9.63. The topological polar surface area (TPSA) is 111 Å². The number of nitrogens with zero attached hydrogens (tertiary/aromatic N) is 1. The number of nitro groups is 1. The largest absolute Gasteiger partial charge is 0.462 e. The lowest BCUT2D eigenvalue weighted by molar-refractivity contribution is -0.385. The van der Waals surface area contributed by atoms with E-state index in [4.69, 9.17) is 17.0 Å². The number of benzene rings is 2. The van der Waals surface area contributed by atoms with Gasteiger partial charge in [-0.3, -0.25) is 20.2 Å². The second-order valence-electron chi connectivity index (χ2n) is 6.75. The minimum atomic E-state index is -0.597. The monoisotopic (exact) mass is 487 g/mol. The van der Waals surface area contributed by atoms with E-state index in [0.717, 1.165) is 0 Å². The van der Waals surface area contributed by atoms with Crippen LogP contribution < -0.4 is 10.6 Å². The minimum absolute atomic E-state index is 0.0749. The van der Waals surface area contributed by atoms with Crippen LogP contribution in [0.1, 0.15) is 33.2 Å². The summed E-state index contributed by atoms with van der Waals surface area (Å²) in [5.41, 5.74) is 1.76. The Morgan fingerprint density at radius 1 is 1.21 bits per heavy atom. The molecule has 3 aromatic rings. The Kier molecular flexibility index (Phi) is 7.46. The third kappa shape index (κ3) is 5.57. The molecule has 0 fully saturated rings. The number of carbonyl (C=O) groups is 2. The van der Waals surface area contributed by atoms with Crippen LogP contribution in [0.2, 0.25) is 0 Å². The fourth-order valence-corrected chi connectivity index (χ4v) is 4.23. The summed E-state index contributed by atoms with van der Waals surface area (Å²) in [7, 11) is 0. The highest BCUT2D eigenvalue weighted by Crippen LogP contribution is 2.36. The van der Waals surface area contributed by atoms with Gasteiger partial charge in [-0.05, 0) is 55.9 Å². The number of rotatable bonds is 6. The number of anilines is 1. The van der Waals surface area contributed by atoms with Gasteiger partial charge in [-0.1, -0.05) is 12.1 Å². The van der Waals surface area contributed by atoms with Gasteiger partial charge in [0.2, 0.25) is 0 Å². The van der Waals surface area contributed by atoms with Crippen LogP contribution in [0.3, 0.4) is 0 Å². The molecule has 0 radical (unpaired) electrons. The van der Waals surface area contributed by atoms with Crippen molar-refractivity contribution in [1.82, 2.24) is 5.32 Å². The van der Waals surface area contributed by atoms with E-state index >= 15 is 0 Å². The maximum absolute atomic E-state index is 13.3.